The van der Waals surface area contributed by atoms with E-state index in [-0.39, 0.29) is 5.54 Å². The van der Waals surface area contributed by atoms with Gasteiger partial charge in [0.05, 0.1) is 0 Å². The summed E-state index contributed by atoms with van der Waals surface area (Å²) in [4.78, 5) is 6.57. The summed E-state index contributed by atoms with van der Waals surface area (Å²) in [7, 11) is 2.02. The maximum absolute atomic E-state index is 5.71. The van der Waals surface area contributed by atoms with Crippen LogP contribution < -0.4 is 10.6 Å². The zero-order valence-electron chi connectivity index (χ0n) is 9.41. The molecule has 2 N–H and O–H groups in total. The van der Waals surface area contributed by atoms with Crippen molar-refractivity contribution in [3.8, 4) is 0 Å². The van der Waals surface area contributed by atoms with E-state index >= 15 is 0 Å². The lowest BCUT2D eigenvalue weighted by molar-refractivity contribution is 0.494. The van der Waals surface area contributed by atoms with Crippen molar-refractivity contribution in [1.29, 1.82) is 0 Å². The van der Waals surface area contributed by atoms with Gasteiger partial charge in [-0.1, -0.05) is 6.07 Å². The molecule has 0 saturated carbocycles. The summed E-state index contributed by atoms with van der Waals surface area (Å²) < 4.78 is 0. The third-order valence-corrected chi connectivity index (χ3v) is 2.62. The molecule has 0 aliphatic heterocycles. The monoisotopic (exact) mass is 193 g/mol. The van der Waals surface area contributed by atoms with E-state index in [1.54, 1.807) is 0 Å². The van der Waals surface area contributed by atoms with Crippen LogP contribution in [0.2, 0.25) is 0 Å². The Morgan fingerprint density at radius 1 is 1.43 bits per heavy atom. The van der Waals surface area contributed by atoms with Crippen molar-refractivity contribution in [2.24, 2.45) is 5.73 Å². The first-order valence-electron chi connectivity index (χ1n) is 4.85. The summed E-state index contributed by atoms with van der Waals surface area (Å²) in [5.74, 6) is 0.973. The minimum atomic E-state index is -0.0548. The minimum Gasteiger partial charge on any atom is -0.353 e. The summed E-state index contributed by atoms with van der Waals surface area (Å²) in [5.41, 5.74) is 6.69. The molecule has 0 aliphatic rings. The van der Waals surface area contributed by atoms with Crippen molar-refractivity contribution in [3.63, 3.8) is 0 Å². The molecule has 0 unspecified atom stereocenters. The van der Waals surface area contributed by atoms with Gasteiger partial charge in [0.25, 0.3) is 0 Å². The number of rotatable bonds is 3. The van der Waals surface area contributed by atoms with E-state index in [1.807, 2.05) is 32.2 Å². The van der Waals surface area contributed by atoms with E-state index in [0.717, 1.165) is 11.5 Å². The summed E-state index contributed by atoms with van der Waals surface area (Å²) in [6.45, 7) is 6.82. The SMILES string of the molecule is Cc1cccc(N(C)C(C)(C)CN)n1. The zero-order chi connectivity index (χ0) is 10.8. The van der Waals surface area contributed by atoms with Gasteiger partial charge in [-0.3, -0.25) is 0 Å². The fourth-order valence-corrected chi connectivity index (χ4v) is 1.16. The average molecular weight is 193 g/mol. The third-order valence-electron chi connectivity index (χ3n) is 2.62. The number of likely N-dealkylation sites (N-methyl/N-ethyl adjacent to an activating group) is 1. The van der Waals surface area contributed by atoms with Gasteiger partial charge in [0.15, 0.2) is 0 Å². The van der Waals surface area contributed by atoms with Crippen LogP contribution >= 0.6 is 0 Å². The molecule has 0 atom stereocenters. The molecule has 3 nitrogen and oxygen atoms in total. The second kappa shape index (κ2) is 3.96. The molecule has 1 heterocycles. The van der Waals surface area contributed by atoms with Gasteiger partial charge < -0.3 is 10.6 Å². The molecule has 0 amide bonds. The molecule has 1 rings (SSSR count). The molecule has 0 spiro atoms. The first-order valence-corrected chi connectivity index (χ1v) is 4.85. The molecule has 1 aromatic heterocycles. The standard InChI is InChI=1S/C11H19N3/c1-9-6-5-7-10(13-9)14(4)11(2,3)8-12/h5-7H,8,12H2,1-4H3. The molecule has 0 aliphatic carbocycles. The molecule has 0 fully saturated rings. The fraction of sp³-hybridized carbons (Fsp3) is 0.545. The Bertz CT molecular complexity index is 307. The lowest BCUT2D eigenvalue weighted by atomic mass is 10.0. The maximum Gasteiger partial charge on any atom is 0.129 e. The van der Waals surface area contributed by atoms with E-state index in [1.165, 1.54) is 0 Å². The van der Waals surface area contributed by atoms with Crippen LogP contribution in [0.4, 0.5) is 5.82 Å². The normalized spacial score (nSPS) is 11.5. The predicted octanol–water partition coefficient (Wildman–Crippen LogP) is 1.56. The van der Waals surface area contributed by atoms with E-state index in [0.29, 0.717) is 6.54 Å². The first-order chi connectivity index (χ1) is 6.47. The number of nitrogens with zero attached hydrogens (tertiary/aromatic N) is 2. The van der Waals surface area contributed by atoms with Crippen LogP contribution in [0.25, 0.3) is 0 Å². The Morgan fingerprint density at radius 2 is 2.07 bits per heavy atom. The number of aryl methyl sites for hydroxylation is 1. The van der Waals surface area contributed by atoms with Crippen LogP contribution in [0.5, 0.6) is 0 Å². The molecule has 0 bridgehead atoms. The van der Waals surface area contributed by atoms with Crippen LogP contribution in [-0.2, 0) is 0 Å². The molecule has 14 heavy (non-hydrogen) atoms. The van der Waals surface area contributed by atoms with Crippen molar-refractivity contribution < 1.29 is 0 Å². The van der Waals surface area contributed by atoms with E-state index in [2.05, 4.69) is 23.7 Å². The molecule has 3 heteroatoms. The summed E-state index contributed by atoms with van der Waals surface area (Å²) in [6, 6.07) is 6.01. The number of hydrogen-bond donors (Lipinski definition) is 1. The van der Waals surface area contributed by atoms with E-state index < -0.39 is 0 Å². The molecular weight excluding hydrogens is 174 g/mol. The second-order valence-electron chi connectivity index (χ2n) is 4.21. The topological polar surface area (TPSA) is 42.1 Å². The van der Waals surface area contributed by atoms with Gasteiger partial charge in [-0.15, -0.1) is 0 Å². The Labute approximate surface area is 85.9 Å². The smallest absolute Gasteiger partial charge is 0.129 e. The number of nitrogens with two attached hydrogens (primary N) is 1. The van der Waals surface area contributed by atoms with Crippen molar-refractivity contribution in [2.45, 2.75) is 26.3 Å². The largest absolute Gasteiger partial charge is 0.353 e. The highest BCUT2D eigenvalue weighted by Crippen LogP contribution is 2.18. The van der Waals surface area contributed by atoms with Crippen molar-refractivity contribution in [1.82, 2.24) is 4.98 Å². The quantitative estimate of drug-likeness (QED) is 0.792. The average Bonchev–Trinajstić information content (AvgIpc) is 2.16. The highest BCUT2D eigenvalue weighted by atomic mass is 15.2. The van der Waals surface area contributed by atoms with Crippen LogP contribution in [0, 0.1) is 6.92 Å². The Hall–Kier alpha value is -1.09. The maximum atomic E-state index is 5.71. The van der Waals surface area contributed by atoms with Crippen LogP contribution in [0.3, 0.4) is 0 Å². The number of hydrogen-bond acceptors (Lipinski definition) is 3. The van der Waals surface area contributed by atoms with Gasteiger partial charge >= 0.3 is 0 Å². The molecule has 0 radical (unpaired) electrons. The minimum absolute atomic E-state index is 0.0548. The van der Waals surface area contributed by atoms with Crippen molar-refractivity contribution in [2.75, 3.05) is 18.5 Å². The summed E-state index contributed by atoms with van der Waals surface area (Å²) in [6.07, 6.45) is 0. The zero-order valence-corrected chi connectivity index (χ0v) is 9.41. The highest BCUT2D eigenvalue weighted by Gasteiger charge is 2.22. The van der Waals surface area contributed by atoms with Crippen LogP contribution in [0.1, 0.15) is 19.5 Å². The molecule has 1 aromatic rings. The van der Waals surface area contributed by atoms with Gasteiger partial charge in [-0.2, -0.15) is 0 Å². The van der Waals surface area contributed by atoms with Crippen LogP contribution in [-0.4, -0.2) is 24.1 Å². The lowest BCUT2D eigenvalue weighted by Gasteiger charge is -2.35. The molecule has 0 saturated heterocycles. The Morgan fingerprint density at radius 3 is 2.57 bits per heavy atom. The van der Waals surface area contributed by atoms with Gasteiger partial charge in [-0.25, -0.2) is 4.98 Å². The third kappa shape index (κ3) is 2.23. The number of pyridine rings is 1. The van der Waals surface area contributed by atoms with E-state index in [4.69, 9.17) is 5.73 Å². The second-order valence-corrected chi connectivity index (χ2v) is 4.21. The lowest BCUT2D eigenvalue weighted by Crippen LogP contribution is -2.47. The Balaban J connectivity index is 2.94. The Kier molecular flexibility index (Phi) is 3.11. The van der Waals surface area contributed by atoms with Gasteiger partial charge in [-0.05, 0) is 32.9 Å². The fourth-order valence-electron chi connectivity index (χ4n) is 1.16. The van der Waals surface area contributed by atoms with Crippen molar-refractivity contribution >= 4 is 5.82 Å². The van der Waals surface area contributed by atoms with Gasteiger partial charge in [0.2, 0.25) is 0 Å². The molecule has 78 valence electrons. The molecule has 0 aromatic carbocycles. The molecular formula is C11H19N3. The van der Waals surface area contributed by atoms with Gasteiger partial charge in [0, 0.05) is 24.8 Å². The van der Waals surface area contributed by atoms with Crippen LogP contribution in [0.15, 0.2) is 18.2 Å². The predicted molar refractivity (Wildman–Crippen MR) is 60.5 cm³/mol. The van der Waals surface area contributed by atoms with Gasteiger partial charge in [0.1, 0.15) is 5.82 Å². The van der Waals surface area contributed by atoms with Crippen molar-refractivity contribution in [3.05, 3.63) is 23.9 Å². The summed E-state index contributed by atoms with van der Waals surface area (Å²) >= 11 is 0. The first kappa shape index (κ1) is 11.0. The highest BCUT2D eigenvalue weighted by molar-refractivity contribution is 5.41. The van der Waals surface area contributed by atoms with E-state index in [9.17, 15) is 0 Å². The summed E-state index contributed by atoms with van der Waals surface area (Å²) in [5, 5.41) is 0. The number of aromatic nitrogens is 1. The number of anilines is 1.